The Bertz CT molecular complexity index is 364. The van der Waals surface area contributed by atoms with Crippen molar-refractivity contribution in [2.24, 2.45) is 0 Å². The minimum atomic E-state index is 0.332. The second kappa shape index (κ2) is 5.77. The van der Waals surface area contributed by atoms with Crippen molar-refractivity contribution >= 4 is 5.69 Å². The number of likely N-dealkylation sites (N-methyl/N-ethyl adjacent to an activating group) is 1. The lowest BCUT2D eigenvalue weighted by atomic mass is 10.3. The lowest BCUT2D eigenvalue weighted by molar-refractivity contribution is 0.174. The molecule has 1 aromatic carbocycles. The Morgan fingerprint density at radius 2 is 1.94 bits per heavy atom. The molecule has 0 saturated heterocycles. The molecule has 1 N–H and O–H groups in total. The first-order valence-corrected chi connectivity index (χ1v) is 6.19. The molecule has 94 valence electrons. The molecule has 0 saturated carbocycles. The van der Waals surface area contributed by atoms with E-state index in [4.69, 9.17) is 9.47 Å². The first kappa shape index (κ1) is 12.0. The van der Waals surface area contributed by atoms with E-state index in [2.05, 4.69) is 24.1 Å². The van der Waals surface area contributed by atoms with Gasteiger partial charge in [0.25, 0.3) is 0 Å². The van der Waals surface area contributed by atoms with Gasteiger partial charge in [0.2, 0.25) is 6.79 Å². The number of nitrogens with one attached hydrogen (secondary N) is 1. The molecule has 17 heavy (non-hydrogen) atoms. The van der Waals surface area contributed by atoms with Crippen LogP contribution in [0.1, 0.15) is 13.8 Å². The van der Waals surface area contributed by atoms with E-state index in [0.29, 0.717) is 6.79 Å². The first-order chi connectivity index (χ1) is 8.33. The quantitative estimate of drug-likeness (QED) is 0.820. The number of anilines is 1. The van der Waals surface area contributed by atoms with Gasteiger partial charge in [-0.25, -0.2) is 0 Å². The molecular weight excluding hydrogens is 216 g/mol. The molecule has 4 nitrogen and oxygen atoms in total. The monoisotopic (exact) mass is 236 g/mol. The molecule has 0 radical (unpaired) electrons. The van der Waals surface area contributed by atoms with Crippen LogP contribution in [0.4, 0.5) is 5.69 Å². The summed E-state index contributed by atoms with van der Waals surface area (Å²) < 4.78 is 10.6. The summed E-state index contributed by atoms with van der Waals surface area (Å²) in [5.41, 5.74) is 1.08. The topological polar surface area (TPSA) is 33.7 Å². The van der Waals surface area contributed by atoms with Gasteiger partial charge >= 0.3 is 0 Å². The van der Waals surface area contributed by atoms with Gasteiger partial charge in [-0.15, -0.1) is 0 Å². The Kier molecular flexibility index (Phi) is 4.09. The van der Waals surface area contributed by atoms with Gasteiger partial charge in [-0.1, -0.05) is 13.8 Å². The fourth-order valence-electron chi connectivity index (χ4n) is 1.90. The summed E-state index contributed by atoms with van der Waals surface area (Å²) in [6, 6.07) is 5.96. The van der Waals surface area contributed by atoms with Crippen LogP contribution in [0.25, 0.3) is 0 Å². The fourth-order valence-corrected chi connectivity index (χ4v) is 1.90. The van der Waals surface area contributed by atoms with Crippen LogP contribution >= 0.6 is 0 Å². The number of ether oxygens (including phenoxy) is 2. The molecule has 4 heteroatoms. The Labute approximate surface area is 103 Å². The lowest BCUT2D eigenvalue weighted by Gasteiger charge is -2.18. The number of rotatable bonds is 6. The van der Waals surface area contributed by atoms with Crippen LogP contribution < -0.4 is 14.8 Å². The minimum absolute atomic E-state index is 0.332. The number of benzene rings is 1. The van der Waals surface area contributed by atoms with Gasteiger partial charge in [-0.2, -0.15) is 0 Å². The van der Waals surface area contributed by atoms with Crippen molar-refractivity contribution in [3.05, 3.63) is 18.2 Å². The molecule has 0 spiro atoms. The average Bonchev–Trinajstić information content (AvgIpc) is 2.82. The van der Waals surface area contributed by atoms with E-state index in [1.165, 1.54) is 0 Å². The van der Waals surface area contributed by atoms with Crippen molar-refractivity contribution in [1.29, 1.82) is 0 Å². The highest BCUT2D eigenvalue weighted by Crippen LogP contribution is 2.34. The molecule has 0 bridgehead atoms. The predicted molar refractivity (Wildman–Crippen MR) is 68.8 cm³/mol. The van der Waals surface area contributed by atoms with Gasteiger partial charge in [0.15, 0.2) is 11.5 Å². The van der Waals surface area contributed by atoms with Crippen LogP contribution in [-0.4, -0.2) is 37.9 Å². The number of nitrogens with zero attached hydrogens (tertiary/aromatic N) is 1. The Hall–Kier alpha value is -1.42. The van der Waals surface area contributed by atoms with E-state index < -0.39 is 0 Å². The third-order valence-electron chi connectivity index (χ3n) is 3.02. The van der Waals surface area contributed by atoms with Crippen molar-refractivity contribution in [2.75, 3.05) is 38.3 Å². The van der Waals surface area contributed by atoms with Crippen molar-refractivity contribution in [3.63, 3.8) is 0 Å². The van der Waals surface area contributed by atoms with Crippen molar-refractivity contribution < 1.29 is 9.47 Å². The van der Waals surface area contributed by atoms with Crippen molar-refractivity contribution in [3.8, 4) is 11.5 Å². The van der Waals surface area contributed by atoms with Gasteiger partial charge in [0.1, 0.15) is 0 Å². The Balaban J connectivity index is 1.83. The standard InChI is InChI=1S/C13H20N2O2/c1-3-15(4-2)8-7-14-11-5-6-12-13(9-11)17-10-16-12/h5-6,9,14H,3-4,7-8,10H2,1-2H3. The maximum atomic E-state index is 5.34. The maximum Gasteiger partial charge on any atom is 0.231 e. The van der Waals surface area contributed by atoms with Crippen LogP contribution in [0.3, 0.4) is 0 Å². The largest absolute Gasteiger partial charge is 0.454 e. The van der Waals surface area contributed by atoms with Crippen LogP contribution in [0, 0.1) is 0 Å². The number of fused-ring (bicyclic) bond motifs is 1. The summed E-state index contributed by atoms with van der Waals surface area (Å²) in [5.74, 6) is 1.66. The van der Waals surface area contributed by atoms with Crippen LogP contribution in [0.2, 0.25) is 0 Å². The molecule has 1 aliphatic heterocycles. The molecule has 2 rings (SSSR count). The lowest BCUT2D eigenvalue weighted by Crippen LogP contribution is -2.28. The summed E-state index contributed by atoms with van der Waals surface area (Å²) >= 11 is 0. The van der Waals surface area contributed by atoms with E-state index in [9.17, 15) is 0 Å². The molecule has 1 aromatic rings. The normalized spacial score (nSPS) is 13.1. The summed E-state index contributed by atoms with van der Waals surface area (Å²) in [6.45, 7) is 8.90. The summed E-state index contributed by atoms with van der Waals surface area (Å²) in [7, 11) is 0. The molecule has 0 aliphatic carbocycles. The Morgan fingerprint density at radius 1 is 1.18 bits per heavy atom. The predicted octanol–water partition coefficient (Wildman–Crippen LogP) is 2.17. The maximum absolute atomic E-state index is 5.34. The highest BCUT2D eigenvalue weighted by molar-refractivity contribution is 5.55. The number of hydrogen-bond acceptors (Lipinski definition) is 4. The van der Waals surface area contributed by atoms with Crippen LogP contribution in [-0.2, 0) is 0 Å². The minimum Gasteiger partial charge on any atom is -0.454 e. The molecule has 0 atom stereocenters. The van der Waals surface area contributed by atoms with E-state index >= 15 is 0 Å². The fraction of sp³-hybridized carbons (Fsp3) is 0.538. The average molecular weight is 236 g/mol. The zero-order valence-electron chi connectivity index (χ0n) is 10.5. The zero-order chi connectivity index (χ0) is 12.1. The van der Waals surface area contributed by atoms with E-state index in [1.54, 1.807) is 0 Å². The van der Waals surface area contributed by atoms with Crippen LogP contribution in [0.5, 0.6) is 11.5 Å². The first-order valence-electron chi connectivity index (χ1n) is 6.19. The zero-order valence-corrected chi connectivity index (χ0v) is 10.5. The molecule has 1 aliphatic rings. The summed E-state index contributed by atoms with van der Waals surface area (Å²) in [5, 5.41) is 3.40. The smallest absolute Gasteiger partial charge is 0.231 e. The second-order valence-corrected chi connectivity index (χ2v) is 4.02. The molecule has 1 heterocycles. The molecule has 0 fully saturated rings. The van der Waals surface area contributed by atoms with Gasteiger partial charge in [-0.05, 0) is 25.2 Å². The molecular formula is C13H20N2O2. The highest BCUT2D eigenvalue weighted by Gasteiger charge is 2.12. The second-order valence-electron chi connectivity index (χ2n) is 4.02. The molecule has 0 unspecified atom stereocenters. The molecule has 0 amide bonds. The third kappa shape index (κ3) is 3.03. The van der Waals surface area contributed by atoms with E-state index in [-0.39, 0.29) is 0 Å². The molecule has 0 aromatic heterocycles. The summed E-state index contributed by atoms with van der Waals surface area (Å²) in [4.78, 5) is 2.39. The van der Waals surface area contributed by atoms with E-state index in [1.807, 2.05) is 18.2 Å². The van der Waals surface area contributed by atoms with Crippen molar-refractivity contribution in [2.45, 2.75) is 13.8 Å². The summed E-state index contributed by atoms with van der Waals surface area (Å²) in [6.07, 6.45) is 0. The third-order valence-corrected chi connectivity index (χ3v) is 3.02. The van der Waals surface area contributed by atoms with Gasteiger partial charge in [0.05, 0.1) is 0 Å². The van der Waals surface area contributed by atoms with Crippen molar-refractivity contribution in [1.82, 2.24) is 4.90 Å². The highest BCUT2D eigenvalue weighted by atomic mass is 16.7. The van der Waals surface area contributed by atoms with Gasteiger partial charge in [-0.3, -0.25) is 0 Å². The van der Waals surface area contributed by atoms with Crippen LogP contribution in [0.15, 0.2) is 18.2 Å². The Morgan fingerprint density at radius 3 is 2.71 bits per heavy atom. The number of hydrogen-bond donors (Lipinski definition) is 1. The van der Waals surface area contributed by atoms with Gasteiger partial charge < -0.3 is 19.7 Å². The SMILES string of the molecule is CCN(CC)CCNc1ccc2c(c1)OCO2. The van der Waals surface area contributed by atoms with E-state index in [0.717, 1.165) is 43.4 Å². The van der Waals surface area contributed by atoms with Gasteiger partial charge in [0, 0.05) is 24.8 Å².